The Morgan fingerprint density at radius 1 is 1.08 bits per heavy atom. The van der Waals surface area contributed by atoms with E-state index in [0.717, 1.165) is 22.7 Å². The van der Waals surface area contributed by atoms with Crippen molar-refractivity contribution in [2.45, 2.75) is 6.42 Å². The third-order valence-electron chi connectivity index (χ3n) is 3.86. The summed E-state index contributed by atoms with van der Waals surface area (Å²) >= 11 is 0. The van der Waals surface area contributed by atoms with E-state index in [1.807, 2.05) is 24.3 Å². The van der Waals surface area contributed by atoms with Gasteiger partial charge in [-0.15, -0.1) is 12.4 Å². The quantitative estimate of drug-likeness (QED) is 0.399. The molecule has 5 N–H and O–H groups in total. The van der Waals surface area contributed by atoms with Crippen LogP contribution < -0.4 is 21.9 Å². The van der Waals surface area contributed by atoms with Gasteiger partial charge in [-0.3, -0.25) is 9.59 Å². The molecule has 3 aromatic rings. The molecule has 0 aliphatic rings. The summed E-state index contributed by atoms with van der Waals surface area (Å²) in [6.45, 7) is 1.56. The molecule has 6 nitrogen and oxygen atoms in total. The van der Waals surface area contributed by atoms with Gasteiger partial charge in [0.1, 0.15) is 0 Å². The molecule has 1 amide bonds. The number of anilines is 1. The van der Waals surface area contributed by atoms with Crippen LogP contribution in [0.15, 0.2) is 47.3 Å². The Hall–Kier alpha value is -2.41. The highest BCUT2D eigenvalue weighted by Gasteiger charge is 2.07. The van der Waals surface area contributed by atoms with Crippen LogP contribution in [0.1, 0.15) is 6.42 Å². The molecule has 2 aromatic carbocycles. The fraction of sp³-hybridized carbons (Fsp3) is 0.222. The van der Waals surface area contributed by atoms with Crippen molar-refractivity contribution in [3.8, 4) is 0 Å². The van der Waals surface area contributed by atoms with Crippen LogP contribution in [-0.4, -0.2) is 30.5 Å². The second kappa shape index (κ2) is 8.62. The molecule has 0 radical (unpaired) electrons. The van der Waals surface area contributed by atoms with E-state index in [9.17, 15) is 9.59 Å². The third kappa shape index (κ3) is 4.36. The Bertz CT molecular complexity index is 939. The minimum atomic E-state index is -0.112. The number of aromatic amines is 1. The average molecular weight is 361 g/mol. The van der Waals surface area contributed by atoms with E-state index in [2.05, 4.69) is 15.6 Å². The Morgan fingerprint density at radius 3 is 2.60 bits per heavy atom. The van der Waals surface area contributed by atoms with E-state index in [1.54, 1.807) is 18.2 Å². The standard InChI is InChI=1S/C18H20N4O2.ClH/c19-8-3-9-20-11-17(23)21-12-6-7-16-15(10-12)13-4-1-2-5-14(13)18(24)22-16;/h1-2,4-7,10,20H,3,8-9,11,19H2,(H,21,23)(H,22,24);1H. The second-order valence-corrected chi connectivity index (χ2v) is 5.63. The van der Waals surface area contributed by atoms with Gasteiger partial charge in [-0.1, -0.05) is 18.2 Å². The number of nitrogens with one attached hydrogen (secondary N) is 3. The summed E-state index contributed by atoms with van der Waals surface area (Å²) in [6.07, 6.45) is 0.836. The van der Waals surface area contributed by atoms with Gasteiger partial charge in [0.2, 0.25) is 5.91 Å². The summed E-state index contributed by atoms with van der Waals surface area (Å²) in [5, 5.41) is 8.31. The largest absolute Gasteiger partial charge is 0.330 e. The molecule has 0 spiro atoms. The minimum absolute atomic E-state index is 0. The molecular weight excluding hydrogens is 340 g/mol. The van der Waals surface area contributed by atoms with Gasteiger partial charge in [0, 0.05) is 22.0 Å². The zero-order chi connectivity index (χ0) is 16.9. The number of H-pyrrole nitrogens is 1. The van der Waals surface area contributed by atoms with Crippen molar-refractivity contribution < 1.29 is 4.79 Å². The maximum Gasteiger partial charge on any atom is 0.256 e. The van der Waals surface area contributed by atoms with Crippen molar-refractivity contribution in [1.82, 2.24) is 10.3 Å². The minimum Gasteiger partial charge on any atom is -0.330 e. The summed E-state index contributed by atoms with van der Waals surface area (Å²) in [7, 11) is 0. The van der Waals surface area contributed by atoms with E-state index in [4.69, 9.17) is 5.73 Å². The molecule has 0 unspecified atom stereocenters. The van der Waals surface area contributed by atoms with E-state index < -0.39 is 0 Å². The molecule has 0 saturated carbocycles. The SMILES string of the molecule is Cl.NCCCNCC(=O)Nc1ccc2[nH]c(=O)c3ccccc3c2c1. The van der Waals surface area contributed by atoms with Crippen molar-refractivity contribution in [3.05, 3.63) is 52.8 Å². The van der Waals surface area contributed by atoms with E-state index in [1.165, 1.54) is 0 Å². The fourth-order valence-corrected chi connectivity index (χ4v) is 2.69. The van der Waals surface area contributed by atoms with Gasteiger partial charge in [0.05, 0.1) is 6.54 Å². The van der Waals surface area contributed by atoms with Gasteiger partial charge in [-0.2, -0.15) is 0 Å². The van der Waals surface area contributed by atoms with Crippen molar-refractivity contribution in [2.24, 2.45) is 5.73 Å². The molecule has 0 fully saturated rings. The summed E-state index contributed by atoms with van der Waals surface area (Å²) in [4.78, 5) is 26.9. The topological polar surface area (TPSA) is 100 Å². The van der Waals surface area contributed by atoms with Gasteiger partial charge in [0.25, 0.3) is 5.56 Å². The summed E-state index contributed by atoms with van der Waals surface area (Å²) in [5.41, 5.74) is 6.75. The number of fused-ring (bicyclic) bond motifs is 3. The Labute approximate surface area is 151 Å². The van der Waals surface area contributed by atoms with Crippen LogP contribution in [0.3, 0.4) is 0 Å². The number of rotatable bonds is 6. The van der Waals surface area contributed by atoms with E-state index >= 15 is 0 Å². The summed E-state index contributed by atoms with van der Waals surface area (Å²) in [5.74, 6) is -0.111. The first kappa shape index (κ1) is 18.9. The van der Waals surface area contributed by atoms with Crippen LogP contribution in [-0.2, 0) is 4.79 Å². The highest BCUT2D eigenvalue weighted by molar-refractivity contribution is 6.07. The van der Waals surface area contributed by atoms with Crippen molar-refractivity contribution in [2.75, 3.05) is 25.0 Å². The number of hydrogen-bond donors (Lipinski definition) is 4. The van der Waals surface area contributed by atoms with Crippen molar-refractivity contribution in [3.63, 3.8) is 0 Å². The molecule has 25 heavy (non-hydrogen) atoms. The average Bonchev–Trinajstić information content (AvgIpc) is 2.60. The maximum atomic E-state index is 12.1. The van der Waals surface area contributed by atoms with Gasteiger partial charge in [-0.05, 0) is 49.2 Å². The first-order valence-corrected chi connectivity index (χ1v) is 7.94. The number of halogens is 1. The van der Waals surface area contributed by atoms with Gasteiger partial charge in [-0.25, -0.2) is 0 Å². The van der Waals surface area contributed by atoms with Crippen LogP contribution in [0.5, 0.6) is 0 Å². The first-order valence-electron chi connectivity index (χ1n) is 7.94. The molecule has 0 atom stereocenters. The number of carbonyl (C=O) groups excluding carboxylic acids is 1. The predicted molar refractivity (Wildman–Crippen MR) is 104 cm³/mol. The van der Waals surface area contributed by atoms with Gasteiger partial charge in [0.15, 0.2) is 0 Å². The molecule has 132 valence electrons. The number of carbonyl (C=O) groups is 1. The number of aromatic nitrogens is 1. The maximum absolute atomic E-state index is 12.1. The zero-order valence-corrected chi connectivity index (χ0v) is 14.5. The number of pyridine rings is 1. The monoisotopic (exact) mass is 360 g/mol. The molecule has 0 aliphatic heterocycles. The molecule has 1 aromatic heterocycles. The van der Waals surface area contributed by atoms with Crippen LogP contribution in [0, 0.1) is 0 Å². The first-order chi connectivity index (χ1) is 11.7. The number of amides is 1. The van der Waals surface area contributed by atoms with E-state index in [-0.39, 0.29) is 30.4 Å². The predicted octanol–water partition coefficient (Wildman–Crippen LogP) is 1.98. The molecule has 0 saturated heterocycles. The molecule has 0 bridgehead atoms. The lowest BCUT2D eigenvalue weighted by Crippen LogP contribution is -2.29. The second-order valence-electron chi connectivity index (χ2n) is 5.63. The summed E-state index contributed by atoms with van der Waals surface area (Å²) in [6, 6.07) is 12.9. The summed E-state index contributed by atoms with van der Waals surface area (Å²) < 4.78 is 0. The molecule has 1 heterocycles. The molecular formula is C18H21ClN4O2. The Kier molecular flexibility index (Phi) is 6.52. The lowest BCUT2D eigenvalue weighted by molar-refractivity contribution is -0.115. The number of nitrogens with two attached hydrogens (primary N) is 1. The van der Waals surface area contributed by atoms with Crippen LogP contribution >= 0.6 is 12.4 Å². The normalized spacial score (nSPS) is 10.6. The fourth-order valence-electron chi connectivity index (χ4n) is 2.69. The van der Waals surface area contributed by atoms with Gasteiger partial charge < -0.3 is 21.4 Å². The number of benzene rings is 2. The van der Waals surface area contributed by atoms with Crippen LogP contribution in [0.25, 0.3) is 21.7 Å². The third-order valence-corrected chi connectivity index (χ3v) is 3.86. The molecule has 3 rings (SSSR count). The smallest absolute Gasteiger partial charge is 0.256 e. The van der Waals surface area contributed by atoms with Crippen LogP contribution in [0.2, 0.25) is 0 Å². The van der Waals surface area contributed by atoms with E-state index in [0.29, 0.717) is 24.2 Å². The number of hydrogen-bond acceptors (Lipinski definition) is 4. The lowest BCUT2D eigenvalue weighted by Gasteiger charge is -2.09. The van der Waals surface area contributed by atoms with Crippen LogP contribution in [0.4, 0.5) is 5.69 Å². The Morgan fingerprint density at radius 2 is 1.84 bits per heavy atom. The molecule has 0 aliphatic carbocycles. The highest BCUT2D eigenvalue weighted by Crippen LogP contribution is 2.24. The van der Waals surface area contributed by atoms with Crippen molar-refractivity contribution in [1.29, 1.82) is 0 Å². The van der Waals surface area contributed by atoms with Gasteiger partial charge >= 0.3 is 0 Å². The molecule has 7 heteroatoms. The lowest BCUT2D eigenvalue weighted by atomic mass is 10.1. The van der Waals surface area contributed by atoms with Crippen molar-refractivity contribution >= 4 is 45.7 Å². The Balaban J connectivity index is 0.00000225. The highest BCUT2D eigenvalue weighted by atomic mass is 35.5. The zero-order valence-electron chi connectivity index (χ0n) is 13.7.